The lowest BCUT2D eigenvalue weighted by Crippen LogP contribution is -2.16. The number of fused-ring (bicyclic) bond motifs is 1. The highest BCUT2D eigenvalue weighted by atomic mass is 79.9. The molecule has 0 amide bonds. The van der Waals surface area contributed by atoms with Crippen LogP contribution in [-0.4, -0.2) is 16.2 Å². The average molecular weight is 386 g/mol. The third-order valence-electron chi connectivity index (χ3n) is 4.07. The molecule has 2 aromatic carbocycles. The summed E-state index contributed by atoms with van der Waals surface area (Å²) in [6.45, 7) is 1.97. The van der Waals surface area contributed by atoms with Gasteiger partial charge < -0.3 is 9.84 Å². The molecule has 1 heterocycles. The Morgan fingerprint density at radius 2 is 1.92 bits per heavy atom. The van der Waals surface area contributed by atoms with E-state index in [1.165, 1.54) is 0 Å². The van der Waals surface area contributed by atoms with Crippen LogP contribution < -0.4 is 4.74 Å². The van der Waals surface area contributed by atoms with Crippen LogP contribution in [0, 0.1) is 0 Å². The van der Waals surface area contributed by atoms with Crippen molar-refractivity contribution in [1.29, 1.82) is 0 Å². The quantitative estimate of drug-likeness (QED) is 0.627. The first-order valence-corrected chi connectivity index (χ1v) is 8.89. The van der Waals surface area contributed by atoms with Gasteiger partial charge in [-0.05, 0) is 47.5 Å². The SMILES string of the molecule is CCC(O)CC(Oc1ccc2cc(Br)ccc2c1)c1cccnc1. The highest BCUT2D eigenvalue weighted by Gasteiger charge is 2.18. The number of ether oxygens (including phenoxy) is 1. The molecule has 124 valence electrons. The Bertz CT molecular complexity index is 807. The Labute approximate surface area is 150 Å². The molecule has 1 aromatic heterocycles. The number of benzene rings is 2. The van der Waals surface area contributed by atoms with Crippen molar-refractivity contribution >= 4 is 26.7 Å². The number of pyridine rings is 1. The van der Waals surface area contributed by atoms with Crippen LogP contribution in [0.3, 0.4) is 0 Å². The predicted octanol–water partition coefficient (Wildman–Crippen LogP) is 5.28. The van der Waals surface area contributed by atoms with Crippen LogP contribution in [-0.2, 0) is 0 Å². The van der Waals surface area contributed by atoms with Crippen LogP contribution >= 0.6 is 15.9 Å². The summed E-state index contributed by atoms with van der Waals surface area (Å²) >= 11 is 3.49. The molecule has 4 heteroatoms. The summed E-state index contributed by atoms with van der Waals surface area (Å²) in [5.74, 6) is 0.793. The van der Waals surface area contributed by atoms with E-state index in [0.717, 1.165) is 26.6 Å². The molecule has 0 aliphatic heterocycles. The molecular formula is C20H20BrNO2. The largest absolute Gasteiger partial charge is 0.486 e. The van der Waals surface area contributed by atoms with E-state index in [1.807, 2.05) is 43.3 Å². The van der Waals surface area contributed by atoms with E-state index >= 15 is 0 Å². The molecule has 0 fully saturated rings. The van der Waals surface area contributed by atoms with Gasteiger partial charge in [-0.25, -0.2) is 0 Å². The zero-order valence-corrected chi connectivity index (χ0v) is 15.1. The van der Waals surface area contributed by atoms with Gasteiger partial charge >= 0.3 is 0 Å². The molecule has 2 unspecified atom stereocenters. The van der Waals surface area contributed by atoms with E-state index in [0.29, 0.717) is 12.8 Å². The van der Waals surface area contributed by atoms with Crippen LogP contribution in [0.25, 0.3) is 10.8 Å². The fraction of sp³-hybridized carbons (Fsp3) is 0.250. The van der Waals surface area contributed by atoms with Crippen LogP contribution in [0.5, 0.6) is 5.75 Å². The van der Waals surface area contributed by atoms with Crippen molar-refractivity contribution < 1.29 is 9.84 Å². The van der Waals surface area contributed by atoms with Crippen LogP contribution in [0.4, 0.5) is 0 Å². The smallest absolute Gasteiger partial charge is 0.128 e. The lowest BCUT2D eigenvalue weighted by molar-refractivity contribution is 0.0917. The number of rotatable bonds is 6. The first-order valence-electron chi connectivity index (χ1n) is 8.09. The third kappa shape index (κ3) is 4.13. The summed E-state index contributed by atoms with van der Waals surface area (Å²) in [5.41, 5.74) is 0.973. The van der Waals surface area contributed by atoms with Crippen molar-refractivity contribution in [3.63, 3.8) is 0 Å². The summed E-state index contributed by atoms with van der Waals surface area (Å²) < 4.78 is 7.26. The minimum Gasteiger partial charge on any atom is -0.486 e. The second-order valence-corrected chi connectivity index (χ2v) is 6.76. The maximum atomic E-state index is 10.1. The molecule has 0 aliphatic rings. The van der Waals surface area contributed by atoms with Gasteiger partial charge in [0.15, 0.2) is 0 Å². The maximum absolute atomic E-state index is 10.1. The molecular weight excluding hydrogens is 366 g/mol. The molecule has 0 saturated carbocycles. The van der Waals surface area contributed by atoms with Gasteiger partial charge in [0.25, 0.3) is 0 Å². The number of hydrogen-bond acceptors (Lipinski definition) is 3. The van der Waals surface area contributed by atoms with Gasteiger partial charge in [-0.3, -0.25) is 4.98 Å². The summed E-state index contributed by atoms with van der Waals surface area (Å²) in [4.78, 5) is 4.17. The van der Waals surface area contributed by atoms with E-state index in [-0.39, 0.29) is 6.10 Å². The molecule has 24 heavy (non-hydrogen) atoms. The highest BCUT2D eigenvalue weighted by molar-refractivity contribution is 9.10. The number of halogens is 1. The number of aliphatic hydroxyl groups excluding tert-OH is 1. The molecule has 0 saturated heterocycles. The van der Waals surface area contributed by atoms with Crippen molar-refractivity contribution in [1.82, 2.24) is 4.98 Å². The Hall–Kier alpha value is -1.91. The molecule has 0 radical (unpaired) electrons. The monoisotopic (exact) mass is 385 g/mol. The van der Waals surface area contributed by atoms with Crippen LogP contribution in [0.1, 0.15) is 31.4 Å². The van der Waals surface area contributed by atoms with Gasteiger partial charge in [0.05, 0.1) is 6.10 Å². The van der Waals surface area contributed by atoms with Gasteiger partial charge in [-0.1, -0.05) is 41.1 Å². The normalized spacial score (nSPS) is 13.6. The van der Waals surface area contributed by atoms with Gasteiger partial charge in [-0.15, -0.1) is 0 Å². The molecule has 3 aromatic rings. The second-order valence-electron chi connectivity index (χ2n) is 5.84. The lowest BCUT2D eigenvalue weighted by Gasteiger charge is -2.22. The number of aliphatic hydroxyl groups is 1. The highest BCUT2D eigenvalue weighted by Crippen LogP contribution is 2.29. The van der Waals surface area contributed by atoms with E-state index < -0.39 is 6.10 Å². The van der Waals surface area contributed by atoms with Crippen molar-refractivity contribution in [2.75, 3.05) is 0 Å². The Balaban J connectivity index is 1.87. The van der Waals surface area contributed by atoms with Crippen molar-refractivity contribution in [2.24, 2.45) is 0 Å². The molecule has 0 spiro atoms. The fourth-order valence-electron chi connectivity index (χ4n) is 2.66. The van der Waals surface area contributed by atoms with Crippen molar-refractivity contribution in [3.8, 4) is 5.75 Å². The minimum atomic E-state index is -0.397. The standard InChI is InChI=1S/C20H20BrNO2/c1-2-18(23)12-20(16-4-3-9-22-13-16)24-19-8-6-14-10-17(21)7-5-15(14)11-19/h3-11,13,18,20,23H,2,12H2,1H3. The first-order chi connectivity index (χ1) is 11.7. The minimum absolute atomic E-state index is 0.221. The van der Waals surface area contributed by atoms with E-state index in [4.69, 9.17) is 4.74 Å². The Kier molecular flexibility index (Phi) is 5.48. The van der Waals surface area contributed by atoms with Crippen LogP contribution in [0.15, 0.2) is 65.4 Å². The zero-order valence-electron chi connectivity index (χ0n) is 13.5. The van der Waals surface area contributed by atoms with Crippen molar-refractivity contribution in [3.05, 3.63) is 71.0 Å². The average Bonchev–Trinajstić information content (AvgIpc) is 2.62. The Morgan fingerprint density at radius 3 is 2.67 bits per heavy atom. The maximum Gasteiger partial charge on any atom is 0.128 e. The van der Waals surface area contributed by atoms with Gasteiger partial charge in [-0.2, -0.15) is 0 Å². The Morgan fingerprint density at radius 1 is 1.12 bits per heavy atom. The summed E-state index contributed by atoms with van der Waals surface area (Å²) in [6, 6.07) is 16.1. The fourth-order valence-corrected chi connectivity index (χ4v) is 3.04. The molecule has 0 bridgehead atoms. The topological polar surface area (TPSA) is 42.4 Å². The van der Waals surface area contributed by atoms with Gasteiger partial charge in [0.2, 0.25) is 0 Å². The first kappa shape index (κ1) is 16.9. The summed E-state index contributed by atoms with van der Waals surface area (Å²) in [5, 5.41) is 12.3. The number of aromatic nitrogens is 1. The molecule has 3 nitrogen and oxygen atoms in total. The van der Waals surface area contributed by atoms with E-state index in [1.54, 1.807) is 12.4 Å². The second kappa shape index (κ2) is 7.77. The summed E-state index contributed by atoms with van der Waals surface area (Å²) in [6.07, 6.45) is 4.16. The predicted molar refractivity (Wildman–Crippen MR) is 100 cm³/mol. The number of hydrogen-bond donors (Lipinski definition) is 1. The molecule has 3 rings (SSSR count). The van der Waals surface area contributed by atoms with Crippen LogP contribution in [0.2, 0.25) is 0 Å². The van der Waals surface area contributed by atoms with Crippen molar-refractivity contribution in [2.45, 2.75) is 32.0 Å². The summed E-state index contributed by atoms with van der Waals surface area (Å²) in [7, 11) is 0. The number of nitrogens with zero attached hydrogens (tertiary/aromatic N) is 1. The van der Waals surface area contributed by atoms with E-state index in [2.05, 4.69) is 33.0 Å². The van der Waals surface area contributed by atoms with E-state index in [9.17, 15) is 5.11 Å². The lowest BCUT2D eigenvalue weighted by atomic mass is 10.0. The molecule has 0 aliphatic carbocycles. The molecule has 2 atom stereocenters. The third-order valence-corrected chi connectivity index (χ3v) is 4.56. The van der Waals surface area contributed by atoms with Gasteiger partial charge in [0, 0.05) is 28.9 Å². The van der Waals surface area contributed by atoms with Gasteiger partial charge in [0.1, 0.15) is 11.9 Å². The molecule has 1 N–H and O–H groups in total. The zero-order chi connectivity index (χ0) is 16.9.